The smallest absolute Gasteiger partial charge is 0.456 e. The van der Waals surface area contributed by atoms with Crippen LogP contribution in [0.1, 0.15) is 27.7 Å². The third-order valence-electron chi connectivity index (χ3n) is 7.36. The van der Waals surface area contributed by atoms with Gasteiger partial charge in [0.1, 0.15) is 11.2 Å². The molecule has 4 heteroatoms. The summed E-state index contributed by atoms with van der Waals surface area (Å²) in [6.07, 6.45) is 0. The van der Waals surface area contributed by atoms with Crippen molar-refractivity contribution in [2.75, 3.05) is 0 Å². The zero-order valence-electron chi connectivity index (χ0n) is 20.0. The molecular weight excluding hydrogens is 419 g/mol. The standard InChI is InChI=1S/C30H27BO3/c1-29(2)30(3,4)34-31(33-29)24-18-19-26-28(23-12-8-9-13-25(23)32-26)27(24)22-16-14-21(15-17-22)20-10-6-5-7-11-20/h5-19H,1-4H3. The Kier molecular flexibility index (Phi) is 4.74. The van der Waals surface area contributed by atoms with Crippen molar-refractivity contribution in [1.82, 2.24) is 0 Å². The van der Waals surface area contributed by atoms with Crippen LogP contribution in [-0.4, -0.2) is 18.3 Å². The Morgan fingerprint density at radius 2 is 1.15 bits per heavy atom. The van der Waals surface area contributed by atoms with Crippen molar-refractivity contribution in [3.8, 4) is 22.3 Å². The number of furan rings is 1. The largest absolute Gasteiger partial charge is 0.495 e. The van der Waals surface area contributed by atoms with Gasteiger partial charge in [-0.25, -0.2) is 0 Å². The summed E-state index contributed by atoms with van der Waals surface area (Å²) >= 11 is 0. The Balaban J connectivity index is 1.57. The quantitative estimate of drug-likeness (QED) is 0.274. The maximum absolute atomic E-state index is 6.49. The summed E-state index contributed by atoms with van der Waals surface area (Å²) in [7, 11) is -0.466. The van der Waals surface area contributed by atoms with Gasteiger partial charge >= 0.3 is 7.12 Å². The van der Waals surface area contributed by atoms with E-state index in [2.05, 4.69) is 94.4 Å². The van der Waals surface area contributed by atoms with Crippen LogP contribution in [0.15, 0.2) is 95.4 Å². The lowest BCUT2D eigenvalue weighted by atomic mass is 9.73. The highest BCUT2D eigenvalue weighted by molar-refractivity contribution is 6.64. The molecule has 2 heterocycles. The number of para-hydroxylation sites is 1. The molecule has 1 aromatic heterocycles. The van der Waals surface area contributed by atoms with Crippen molar-refractivity contribution in [3.63, 3.8) is 0 Å². The zero-order valence-corrected chi connectivity index (χ0v) is 20.0. The normalized spacial score (nSPS) is 17.0. The minimum atomic E-state index is -0.466. The highest BCUT2D eigenvalue weighted by Gasteiger charge is 2.52. The Bertz CT molecular complexity index is 1480. The van der Waals surface area contributed by atoms with E-state index in [4.69, 9.17) is 13.7 Å². The third-order valence-corrected chi connectivity index (χ3v) is 7.36. The maximum atomic E-state index is 6.49. The van der Waals surface area contributed by atoms with Gasteiger partial charge in [0.05, 0.1) is 11.2 Å². The second-order valence-electron chi connectivity index (χ2n) is 10.0. The number of hydrogen-bond donors (Lipinski definition) is 0. The molecule has 1 aliphatic heterocycles. The molecule has 1 saturated heterocycles. The molecule has 1 aliphatic rings. The van der Waals surface area contributed by atoms with Crippen LogP contribution >= 0.6 is 0 Å². The molecule has 1 fully saturated rings. The number of fused-ring (bicyclic) bond motifs is 3. The fourth-order valence-corrected chi connectivity index (χ4v) is 4.77. The number of benzene rings is 4. The van der Waals surface area contributed by atoms with Crippen molar-refractivity contribution >= 4 is 34.5 Å². The Hall–Kier alpha value is -3.34. The van der Waals surface area contributed by atoms with Gasteiger partial charge in [0, 0.05) is 10.8 Å². The van der Waals surface area contributed by atoms with E-state index in [1.54, 1.807) is 0 Å². The minimum Gasteiger partial charge on any atom is -0.456 e. The van der Waals surface area contributed by atoms with Gasteiger partial charge < -0.3 is 13.7 Å². The first-order valence-electron chi connectivity index (χ1n) is 11.8. The van der Waals surface area contributed by atoms with Gasteiger partial charge in [-0.3, -0.25) is 0 Å². The van der Waals surface area contributed by atoms with E-state index < -0.39 is 18.3 Å². The lowest BCUT2D eigenvalue weighted by molar-refractivity contribution is 0.00578. The van der Waals surface area contributed by atoms with E-state index in [1.807, 2.05) is 24.3 Å². The van der Waals surface area contributed by atoms with Crippen LogP contribution in [0.5, 0.6) is 0 Å². The molecule has 34 heavy (non-hydrogen) atoms. The zero-order chi connectivity index (χ0) is 23.5. The molecule has 0 N–H and O–H groups in total. The Morgan fingerprint density at radius 3 is 1.85 bits per heavy atom. The van der Waals surface area contributed by atoms with Gasteiger partial charge in [0.2, 0.25) is 0 Å². The summed E-state index contributed by atoms with van der Waals surface area (Å²) in [4.78, 5) is 0. The van der Waals surface area contributed by atoms with E-state index >= 15 is 0 Å². The maximum Gasteiger partial charge on any atom is 0.495 e. The second kappa shape index (κ2) is 7.59. The summed E-state index contributed by atoms with van der Waals surface area (Å²) in [5, 5.41) is 2.19. The van der Waals surface area contributed by atoms with Gasteiger partial charge in [-0.1, -0.05) is 78.9 Å². The predicted octanol–water partition coefficient (Wildman–Crippen LogP) is 7.22. The van der Waals surface area contributed by atoms with Crippen molar-refractivity contribution in [2.45, 2.75) is 38.9 Å². The molecule has 4 aromatic carbocycles. The molecule has 5 aromatic rings. The van der Waals surface area contributed by atoms with Gasteiger partial charge in [0.25, 0.3) is 0 Å². The van der Waals surface area contributed by atoms with Crippen LogP contribution in [0.2, 0.25) is 0 Å². The molecule has 0 saturated carbocycles. The predicted molar refractivity (Wildman–Crippen MR) is 140 cm³/mol. The van der Waals surface area contributed by atoms with Crippen molar-refractivity contribution in [1.29, 1.82) is 0 Å². The Morgan fingerprint density at radius 1 is 0.559 bits per heavy atom. The fourth-order valence-electron chi connectivity index (χ4n) is 4.77. The fraction of sp³-hybridized carbons (Fsp3) is 0.200. The molecule has 0 spiro atoms. The molecule has 0 atom stereocenters. The van der Waals surface area contributed by atoms with Crippen LogP contribution in [0, 0.1) is 0 Å². The average Bonchev–Trinajstić information content (AvgIpc) is 3.32. The van der Waals surface area contributed by atoms with Gasteiger partial charge in [-0.2, -0.15) is 0 Å². The molecule has 6 rings (SSSR count). The van der Waals surface area contributed by atoms with Gasteiger partial charge in [-0.15, -0.1) is 0 Å². The molecule has 0 amide bonds. The van der Waals surface area contributed by atoms with Crippen LogP contribution < -0.4 is 5.46 Å². The summed E-state index contributed by atoms with van der Waals surface area (Å²) in [5.74, 6) is 0. The van der Waals surface area contributed by atoms with Crippen LogP contribution in [0.4, 0.5) is 0 Å². The third kappa shape index (κ3) is 3.29. The highest BCUT2D eigenvalue weighted by atomic mass is 16.7. The summed E-state index contributed by atoms with van der Waals surface area (Å²) in [5.41, 5.74) is 6.53. The number of rotatable bonds is 3. The van der Waals surface area contributed by atoms with E-state index in [-0.39, 0.29) is 0 Å². The summed E-state index contributed by atoms with van der Waals surface area (Å²) in [6, 6.07) is 31.5. The molecule has 0 bridgehead atoms. The molecule has 168 valence electrons. The average molecular weight is 446 g/mol. The number of hydrogen-bond acceptors (Lipinski definition) is 3. The van der Waals surface area contributed by atoms with E-state index in [0.717, 1.165) is 38.5 Å². The van der Waals surface area contributed by atoms with Crippen molar-refractivity contribution in [2.24, 2.45) is 0 Å². The van der Waals surface area contributed by atoms with E-state index in [0.29, 0.717) is 0 Å². The summed E-state index contributed by atoms with van der Waals surface area (Å²) < 4.78 is 19.2. The molecule has 0 unspecified atom stereocenters. The van der Waals surface area contributed by atoms with E-state index in [1.165, 1.54) is 11.1 Å². The molecule has 0 aliphatic carbocycles. The first kappa shape index (κ1) is 21.2. The van der Waals surface area contributed by atoms with Gasteiger partial charge in [-0.05, 0) is 67.5 Å². The van der Waals surface area contributed by atoms with Gasteiger partial charge in [0.15, 0.2) is 0 Å². The minimum absolute atomic E-state index is 0.417. The second-order valence-corrected chi connectivity index (χ2v) is 10.0. The van der Waals surface area contributed by atoms with E-state index in [9.17, 15) is 0 Å². The first-order valence-corrected chi connectivity index (χ1v) is 11.8. The topological polar surface area (TPSA) is 31.6 Å². The Labute approximate surface area is 200 Å². The lowest BCUT2D eigenvalue weighted by Gasteiger charge is -2.32. The van der Waals surface area contributed by atoms with Crippen molar-refractivity contribution in [3.05, 3.63) is 91.0 Å². The highest BCUT2D eigenvalue weighted by Crippen LogP contribution is 2.40. The molecular formula is C30H27BO3. The molecule has 0 radical (unpaired) electrons. The first-order chi connectivity index (χ1) is 16.3. The van der Waals surface area contributed by atoms with Crippen LogP contribution in [0.25, 0.3) is 44.2 Å². The van der Waals surface area contributed by atoms with Crippen LogP contribution in [0.3, 0.4) is 0 Å². The SMILES string of the molecule is CC1(C)OB(c2ccc3oc4ccccc4c3c2-c2ccc(-c3ccccc3)cc2)OC1(C)C. The lowest BCUT2D eigenvalue weighted by Crippen LogP contribution is -2.41. The molecule has 3 nitrogen and oxygen atoms in total. The van der Waals surface area contributed by atoms with Crippen LogP contribution in [-0.2, 0) is 9.31 Å². The van der Waals surface area contributed by atoms with Crippen molar-refractivity contribution < 1.29 is 13.7 Å². The monoisotopic (exact) mass is 446 g/mol. The summed E-state index contributed by atoms with van der Waals surface area (Å²) in [6.45, 7) is 8.36.